The van der Waals surface area contributed by atoms with Crippen LogP contribution in [-0.4, -0.2) is 63.4 Å². The second kappa shape index (κ2) is 7.06. The summed E-state index contributed by atoms with van der Waals surface area (Å²) in [5, 5.41) is 3.08. The number of rotatable bonds is 3. The third kappa shape index (κ3) is 3.97. The van der Waals surface area contributed by atoms with Gasteiger partial charge in [0.2, 0.25) is 0 Å². The van der Waals surface area contributed by atoms with Crippen LogP contribution in [0.5, 0.6) is 0 Å². The minimum atomic E-state index is -3.37. The first-order chi connectivity index (χ1) is 11.7. The van der Waals surface area contributed by atoms with Crippen molar-refractivity contribution in [1.82, 2.24) is 10.2 Å². The fraction of sp³-hybridized carbons (Fsp3) is 0.667. The van der Waals surface area contributed by atoms with E-state index in [0.717, 1.165) is 38.4 Å². The van der Waals surface area contributed by atoms with Crippen molar-refractivity contribution in [2.24, 2.45) is 0 Å². The molecule has 0 aromatic heterocycles. The number of anilines is 1. The second-order valence-corrected chi connectivity index (χ2v) is 10.5. The van der Waals surface area contributed by atoms with Crippen LogP contribution in [0.1, 0.15) is 27.2 Å². The maximum Gasteiger partial charge on any atom is 0.183 e. The summed E-state index contributed by atoms with van der Waals surface area (Å²) >= 11 is 6.38. The van der Waals surface area contributed by atoms with Crippen molar-refractivity contribution >= 4 is 27.1 Å². The number of hydrogen-bond acceptors (Lipinski definition) is 5. The van der Waals surface area contributed by atoms with Gasteiger partial charge in [0, 0.05) is 44.0 Å². The van der Waals surface area contributed by atoms with Crippen LogP contribution in [0.3, 0.4) is 0 Å². The Morgan fingerprint density at radius 1 is 1.16 bits per heavy atom. The Morgan fingerprint density at radius 3 is 2.36 bits per heavy atom. The molecule has 0 bridgehead atoms. The Morgan fingerprint density at radius 2 is 1.84 bits per heavy atom. The third-order valence-corrected chi connectivity index (χ3v) is 7.94. The Balaban J connectivity index is 1.75. The van der Waals surface area contributed by atoms with Gasteiger partial charge in [0.25, 0.3) is 0 Å². The van der Waals surface area contributed by atoms with Crippen LogP contribution in [-0.2, 0) is 9.84 Å². The van der Waals surface area contributed by atoms with Crippen LogP contribution in [0.25, 0.3) is 0 Å². The lowest BCUT2D eigenvalue weighted by molar-refractivity contribution is 0.128. The van der Waals surface area contributed by atoms with E-state index in [1.807, 2.05) is 12.1 Å². The van der Waals surface area contributed by atoms with E-state index in [2.05, 4.69) is 35.9 Å². The number of hydrogen-bond donors (Lipinski definition) is 1. The summed E-state index contributed by atoms with van der Waals surface area (Å²) in [6.45, 7) is 11.8. The molecular formula is C18H28ClN3O2S. The van der Waals surface area contributed by atoms with Crippen molar-refractivity contribution in [3.63, 3.8) is 0 Å². The van der Waals surface area contributed by atoms with Crippen LogP contribution in [0, 0.1) is 0 Å². The van der Waals surface area contributed by atoms with Crippen molar-refractivity contribution in [1.29, 1.82) is 0 Å². The SMILES string of the molecule is CC(C)(C)N1CCN(c2ccc(S(=O)(=O)[C@H]3CCNC3)c(Cl)c2)CC1. The fourth-order valence-electron chi connectivity index (χ4n) is 3.63. The molecular weight excluding hydrogens is 358 g/mol. The zero-order valence-electron chi connectivity index (χ0n) is 15.3. The van der Waals surface area contributed by atoms with Gasteiger partial charge in [-0.05, 0) is 51.9 Å². The lowest BCUT2D eigenvalue weighted by Crippen LogP contribution is -2.53. The van der Waals surface area contributed by atoms with Crippen LogP contribution < -0.4 is 10.2 Å². The molecule has 0 radical (unpaired) electrons. The van der Waals surface area contributed by atoms with Crippen molar-refractivity contribution < 1.29 is 8.42 Å². The number of benzene rings is 1. The summed E-state index contributed by atoms with van der Waals surface area (Å²) in [7, 11) is -3.37. The van der Waals surface area contributed by atoms with E-state index >= 15 is 0 Å². The van der Waals surface area contributed by atoms with Gasteiger partial charge in [-0.2, -0.15) is 0 Å². The normalized spacial score (nSPS) is 23.2. The van der Waals surface area contributed by atoms with Crippen molar-refractivity contribution in [2.45, 2.75) is 42.9 Å². The molecule has 0 saturated carbocycles. The minimum absolute atomic E-state index is 0.178. The predicted molar refractivity (Wildman–Crippen MR) is 103 cm³/mol. The molecule has 7 heteroatoms. The summed E-state index contributed by atoms with van der Waals surface area (Å²) in [5.41, 5.74) is 1.18. The fourth-order valence-corrected chi connectivity index (χ4v) is 5.84. The Bertz CT molecular complexity index is 716. The minimum Gasteiger partial charge on any atom is -0.369 e. The lowest BCUT2D eigenvalue weighted by Gasteiger charge is -2.43. The molecule has 2 aliphatic heterocycles. The zero-order chi connectivity index (χ0) is 18.2. The Hall–Kier alpha value is -0.820. The van der Waals surface area contributed by atoms with Gasteiger partial charge < -0.3 is 10.2 Å². The average molecular weight is 386 g/mol. The van der Waals surface area contributed by atoms with Crippen molar-refractivity contribution in [2.75, 3.05) is 44.2 Å². The summed E-state index contributed by atoms with van der Waals surface area (Å²) in [6.07, 6.45) is 0.648. The highest BCUT2D eigenvalue weighted by Gasteiger charge is 2.32. The average Bonchev–Trinajstić information content (AvgIpc) is 3.09. The van der Waals surface area contributed by atoms with Gasteiger partial charge in [-0.3, -0.25) is 4.90 Å². The Labute approximate surface area is 156 Å². The lowest BCUT2D eigenvalue weighted by atomic mass is 10.0. The standard InChI is InChI=1S/C18H28ClN3O2S/c1-18(2,3)22-10-8-21(9-11-22)14-4-5-17(16(19)12-14)25(23,24)15-6-7-20-13-15/h4-5,12,15,20H,6-11,13H2,1-3H3/t15-/m0/s1. The first-order valence-corrected chi connectivity index (χ1v) is 10.9. The van der Waals surface area contributed by atoms with Crippen LogP contribution in [0.15, 0.2) is 23.1 Å². The van der Waals surface area contributed by atoms with Crippen LogP contribution in [0.2, 0.25) is 5.02 Å². The number of piperazine rings is 1. The highest BCUT2D eigenvalue weighted by molar-refractivity contribution is 7.92. The Kier molecular flexibility index (Phi) is 5.36. The van der Waals surface area contributed by atoms with E-state index in [4.69, 9.17) is 11.6 Å². The molecule has 2 heterocycles. The van der Waals surface area contributed by atoms with Crippen LogP contribution in [0.4, 0.5) is 5.69 Å². The van der Waals surface area contributed by atoms with E-state index in [1.165, 1.54) is 0 Å². The monoisotopic (exact) mass is 385 g/mol. The molecule has 0 amide bonds. The maximum absolute atomic E-state index is 12.8. The molecule has 140 valence electrons. The first kappa shape index (κ1) is 19.0. The molecule has 2 aliphatic rings. The summed E-state index contributed by atoms with van der Waals surface area (Å²) in [5.74, 6) is 0. The largest absolute Gasteiger partial charge is 0.369 e. The zero-order valence-corrected chi connectivity index (χ0v) is 16.8. The number of halogens is 1. The van der Waals surface area contributed by atoms with Gasteiger partial charge in [0.1, 0.15) is 0 Å². The van der Waals surface area contributed by atoms with Crippen molar-refractivity contribution in [3.8, 4) is 0 Å². The molecule has 2 saturated heterocycles. The highest BCUT2D eigenvalue weighted by Crippen LogP contribution is 2.31. The highest BCUT2D eigenvalue weighted by atomic mass is 35.5. The molecule has 5 nitrogen and oxygen atoms in total. The second-order valence-electron chi connectivity index (χ2n) is 7.92. The van der Waals surface area contributed by atoms with E-state index in [0.29, 0.717) is 18.0 Å². The van der Waals surface area contributed by atoms with Gasteiger partial charge in [0.15, 0.2) is 9.84 Å². The molecule has 2 fully saturated rings. The van der Waals surface area contributed by atoms with Gasteiger partial charge in [-0.25, -0.2) is 8.42 Å². The third-order valence-electron chi connectivity index (χ3n) is 5.27. The molecule has 3 rings (SSSR count). The van der Waals surface area contributed by atoms with E-state index in [1.54, 1.807) is 6.07 Å². The van der Waals surface area contributed by atoms with Gasteiger partial charge in [-0.1, -0.05) is 11.6 Å². The molecule has 1 aromatic rings. The predicted octanol–water partition coefficient (Wildman–Crippen LogP) is 2.40. The molecule has 1 aromatic carbocycles. The number of nitrogens with one attached hydrogen (secondary N) is 1. The smallest absolute Gasteiger partial charge is 0.183 e. The topological polar surface area (TPSA) is 52.7 Å². The summed E-state index contributed by atoms with van der Waals surface area (Å²) < 4.78 is 25.5. The number of sulfone groups is 1. The van der Waals surface area contributed by atoms with E-state index in [-0.39, 0.29) is 15.7 Å². The van der Waals surface area contributed by atoms with Crippen molar-refractivity contribution in [3.05, 3.63) is 23.2 Å². The van der Waals surface area contributed by atoms with Gasteiger partial charge >= 0.3 is 0 Å². The molecule has 1 N–H and O–H groups in total. The van der Waals surface area contributed by atoms with Crippen LogP contribution >= 0.6 is 11.6 Å². The van der Waals surface area contributed by atoms with Gasteiger partial charge in [0.05, 0.1) is 15.2 Å². The molecule has 0 aliphatic carbocycles. The molecule has 1 atom stereocenters. The van der Waals surface area contributed by atoms with Gasteiger partial charge in [-0.15, -0.1) is 0 Å². The van der Waals surface area contributed by atoms with E-state index in [9.17, 15) is 8.42 Å². The molecule has 0 spiro atoms. The summed E-state index contributed by atoms with van der Waals surface area (Å²) in [4.78, 5) is 5.01. The van der Waals surface area contributed by atoms with E-state index < -0.39 is 9.84 Å². The molecule has 25 heavy (non-hydrogen) atoms. The quantitative estimate of drug-likeness (QED) is 0.865. The first-order valence-electron chi connectivity index (χ1n) is 8.94. The summed E-state index contributed by atoms with van der Waals surface area (Å²) in [6, 6.07) is 5.39. The number of nitrogens with zero attached hydrogens (tertiary/aromatic N) is 2. The molecule has 0 unspecified atom stereocenters. The maximum atomic E-state index is 12.8.